The first-order chi connectivity index (χ1) is 15.0. The molecular formula is C26H33FN2O2. The molecule has 166 valence electrons. The first-order valence-corrected chi connectivity index (χ1v) is 11.7. The van der Waals surface area contributed by atoms with Crippen molar-refractivity contribution in [3.63, 3.8) is 0 Å². The first kappa shape index (κ1) is 21.8. The van der Waals surface area contributed by atoms with Gasteiger partial charge in [-0.15, -0.1) is 0 Å². The van der Waals surface area contributed by atoms with Crippen LogP contribution in [0.5, 0.6) is 0 Å². The smallest absolute Gasteiger partial charge is 0.311 e. The number of nitrogens with zero attached hydrogens (tertiary/aromatic N) is 1. The number of halogens is 1. The van der Waals surface area contributed by atoms with Gasteiger partial charge in [0.25, 0.3) is 0 Å². The predicted molar refractivity (Wildman–Crippen MR) is 121 cm³/mol. The van der Waals surface area contributed by atoms with Crippen LogP contribution in [0.25, 0.3) is 0 Å². The van der Waals surface area contributed by atoms with Gasteiger partial charge in [-0.05, 0) is 74.5 Å². The van der Waals surface area contributed by atoms with E-state index in [1.165, 1.54) is 12.0 Å². The van der Waals surface area contributed by atoms with E-state index < -0.39 is 17.6 Å². The van der Waals surface area contributed by atoms with Crippen LogP contribution in [0, 0.1) is 5.92 Å². The SMILES string of the molecule is O=C(O)C(c1ccccc1)C1CCC(F)(CCCCCc2ccc3c(n2)NCCC3)C1. The first-order valence-electron chi connectivity index (χ1n) is 11.7. The second-order valence-corrected chi connectivity index (χ2v) is 9.28. The van der Waals surface area contributed by atoms with Gasteiger partial charge in [0.05, 0.1) is 5.92 Å². The number of hydrogen-bond donors (Lipinski definition) is 2. The molecule has 1 aliphatic carbocycles. The lowest BCUT2D eigenvalue weighted by Crippen LogP contribution is -2.23. The molecule has 0 amide bonds. The Morgan fingerprint density at radius 1 is 1.19 bits per heavy atom. The zero-order chi connectivity index (χ0) is 21.7. The minimum absolute atomic E-state index is 0.128. The number of anilines is 1. The number of carboxylic acids is 1. The molecule has 1 aliphatic heterocycles. The number of unbranched alkanes of at least 4 members (excludes halogenated alkanes) is 2. The summed E-state index contributed by atoms with van der Waals surface area (Å²) in [6.45, 7) is 0.996. The molecule has 1 aromatic heterocycles. The molecule has 1 aromatic carbocycles. The van der Waals surface area contributed by atoms with E-state index in [1.54, 1.807) is 0 Å². The van der Waals surface area contributed by atoms with Gasteiger partial charge < -0.3 is 10.4 Å². The van der Waals surface area contributed by atoms with Gasteiger partial charge in [0.1, 0.15) is 11.5 Å². The monoisotopic (exact) mass is 424 g/mol. The van der Waals surface area contributed by atoms with Gasteiger partial charge in [0, 0.05) is 12.2 Å². The highest BCUT2D eigenvalue weighted by atomic mass is 19.1. The van der Waals surface area contributed by atoms with E-state index in [2.05, 4.69) is 17.4 Å². The van der Waals surface area contributed by atoms with E-state index >= 15 is 4.39 Å². The van der Waals surface area contributed by atoms with Crippen LogP contribution in [0.3, 0.4) is 0 Å². The number of carbonyl (C=O) groups is 1. The summed E-state index contributed by atoms with van der Waals surface area (Å²) in [5.41, 5.74) is 1.98. The summed E-state index contributed by atoms with van der Waals surface area (Å²) in [4.78, 5) is 16.6. The Morgan fingerprint density at radius 2 is 2.03 bits per heavy atom. The maximum Gasteiger partial charge on any atom is 0.311 e. The lowest BCUT2D eigenvalue weighted by molar-refractivity contribution is -0.140. The highest BCUT2D eigenvalue weighted by molar-refractivity contribution is 5.76. The average Bonchev–Trinajstić information content (AvgIpc) is 3.15. The Balaban J connectivity index is 1.23. The molecule has 4 rings (SSSR count). The number of benzene rings is 1. The molecule has 1 fully saturated rings. The van der Waals surface area contributed by atoms with Crippen LogP contribution in [0.4, 0.5) is 10.2 Å². The molecule has 4 nitrogen and oxygen atoms in total. The van der Waals surface area contributed by atoms with Gasteiger partial charge in [-0.25, -0.2) is 9.37 Å². The normalized spacial score (nSPS) is 23.7. The van der Waals surface area contributed by atoms with E-state index in [1.807, 2.05) is 30.3 Å². The largest absolute Gasteiger partial charge is 0.481 e. The van der Waals surface area contributed by atoms with Gasteiger partial charge in [0.15, 0.2) is 0 Å². The second kappa shape index (κ2) is 9.80. The number of fused-ring (bicyclic) bond motifs is 1. The minimum Gasteiger partial charge on any atom is -0.481 e. The minimum atomic E-state index is -1.22. The maximum absolute atomic E-state index is 15.4. The fraction of sp³-hybridized carbons (Fsp3) is 0.538. The highest BCUT2D eigenvalue weighted by Crippen LogP contribution is 2.47. The summed E-state index contributed by atoms with van der Waals surface area (Å²) < 4.78 is 15.4. The summed E-state index contributed by atoms with van der Waals surface area (Å²) in [6, 6.07) is 13.6. The average molecular weight is 425 g/mol. The van der Waals surface area contributed by atoms with Crippen molar-refractivity contribution in [3.05, 3.63) is 59.3 Å². The third-order valence-electron chi connectivity index (χ3n) is 7.00. The van der Waals surface area contributed by atoms with Crippen molar-refractivity contribution < 1.29 is 14.3 Å². The van der Waals surface area contributed by atoms with Crippen LogP contribution in [0.1, 0.15) is 74.1 Å². The van der Waals surface area contributed by atoms with Crippen LogP contribution >= 0.6 is 0 Å². The number of aryl methyl sites for hydroxylation is 2. The van der Waals surface area contributed by atoms with Crippen LogP contribution < -0.4 is 5.32 Å². The zero-order valence-electron chi connectivity index (χ0n) is 18.2. The van der Waals surface area contributed by atoms with Crippen LogP contribution in [0.15, 0.2) is 42.5 Å². The lowest BCUT2D eigenvalue weighted by atomic mass is 9.83. The van der Waals surface area contributed by atoms with Crippen molar-refractivity contribution in [1.29, 1.82) is 0 Å². The van der Waals surface area contributed by atoms with Gasteiger partial charge in [-0.1, -0.05) is 49.2 Å². The molecule has 5 heteroatoms. The number of nitrogens with one attached hydrogen (secondary N) is 1. The number of alkyl halides is 1. The van der Waals surface area contributed by atoms with Crippen LogP contribution in [-0.2, 0) is 17.6 Å². The molecular weight excluding hydrogens is 391 g/mol. The molecule has 0 spiro atoms. The van der Waals surface area contributed by atoms with Crippen molar-refractivity contribution in [2.24, 2.45) is 5.92 Å². The molecule has 2 heterocycles. The van der Waals surface area contributed by atoms with E-state index in [0.717, 1.165) is 55.7 Å². The fourth-order valence-electron chi connectivity index (χ4n) is 5.34. The summed E-state index contributed by atoms with van der Waals surface area (Å²) in [7, 11) is 0. The molecule has 0 radical (unpaired) electrons. The van der Waals surface area contributed by atoms with Crippen molar-refractivity contribution in [1.82, 2.24) is 4.98 Å². The van der Waals surface area contributed by atoms with Crippen molar-refractivity contribution >= 4 is 11.8 Å². The number of pyridine rings is 1. The molecule has 2 aliphatic rings. The maximum atomic E-state index is 15.4. The Morgan fingerprint density at radius 3 is 2.84 bits per heavy atom. The van der Waals surface area contributed by atoms with Crippen LogP contribution in [-0.4, -0.2) is 28.3 Å². The summed E-state index contributed by atoms with van der Waals surface area (Å²) >= 11 is 0. The molecule has 1 saturated carbocycles. The third-order valence-corrected chi connectivity index (χ3v) is 7.00. The molecule has 2 aromatic rings. The van der Waals surface area contributed by atoms with Crippen molar-refractivity contribution in [3.8, 4) is 0 Å². The quantitative estimate of drug-likeness (QED) is 0.491. The molecule has 3 unspecified atom stereocenters. The topological polar surface area (TPSA) is 62.2 Å². The Labute approximate surface area is 184 Å². The Hall–Kier alpha value is -2.43. The highest BCUT2D eigenvalue weighted by Gasteiger charge is 2.44. The van der Waals surface area contributed by atoms with E-state index in [9.17, 15) is 9.90 Å². The predicted octanol–water partition coefficient (Wildman–Crippen LogP) is 5.92. The molecule has 3 atom stereocenters. The van der Waals surface area contributed by atoms with E-state index in [4.69, 9.17) is 4.98 Å². The second-order valence-electron chi connectivity index (χ2n) is 9.28. The number of rotatable bonds is 9. The number of aliphatic carboxylic acids is 1. The Kier molecular flexibility index (Phi) is 6.89. The van der Waals surface area contributed by atoms with Gasteiger partial charge in [-0.2, -0.15) is 0 Å². The zero-order valence-corrected chi connectivity index (χ0v) is 18.2. The molecule has 2 N–H and O–H groups in total. The molecule has 31 heavy (non-hydrogen) atoms. The lowest BCUT2D eigenvalue weighted by Gasteiger charge is -2.23. The third kappa shape index (κ3) is 5.44. The number of carboxylic acid groups (broad SMARTS) is 1. The summed E-state index contributed by atoms with van der Waals surface area (Å²) in [5.74, 6) is -0.540. The standard InChI is InChI=1S/C26H33FN2O2/c27-26(16-14-21(18-26)23(25(30)31)19-8-3-1-4-9-19)15-6-2-5-11-22-13-12-20-10-7-17-28-24(20)29-22/h1,3-4,8-9,12-13,21,23H,2,5-7,10-11,14-18H2,(H,28,29)(H,30,31). The molecule has 0 bridgehead atoms. The summed E-state index contributed by atoms with van der Waals surface area (Å²) in [5, 5.41) is 13.1. The number of aromatic nitrogens is 1. The van der Waals surface area contributed by atoms with Crippen molar-refractivity contribution in [2.75, 3.05) is 11.9 Å². The fourth-order valence-corrected chi connectivity index (χ4v) is 5.34. The van der Waals surface area contributed by atoms with Gasteiger partial charge >= 0.3 is 5.97 Å². The van der Waals surface area contributed by atoms with E-state index in [-0.39, 0.29) is 5.92 Å². The number of hydrogen-bond acceptors (Lipinski definition) is 3. The van der Waals surface area contributed by atoms with Gasteiger partial charge in [0.2, 0.25) is 0 Å². The Bertz CT molecular complexity index is 888. The van der Waals surface area contributed by atoms with Crippen molar-refractivity contribution in [2.45, 2.75) is 75.8 Å². The van der Waals surface area contributed by atoms with Gasteiger partial charge in [-0.3, -0.25) is 4.79 Å². The van der Waals surface area contributed by atoms with Crippen LogP contribution in [0.2, 0.25) is 0 Å². The van der Waals surface area contributed by atoms with E-state index in [0.29, 0.717) is 25.7 Å². The summed E-state index contributed by atoms with van der Waals surface area (Å²) in [6.07, 6.45) is 8.03. The molecule has 0 saturated heterocycles.